The average molecular weight is 351 g/mol. The summed E-state index contributed by atoms with van der Waals surface area (Å²) >= 11 is 9.75. The molecule has 0 saturated carbocycles. The molecule has 0 saturated heterocycles. The molecule has 0 N–H and O–H groups in total. The van der Waals surface area contributed by atoms with E-state index < -0.39 is 0 Å². The van der Waals surface area contributed by atoms with Gasteiger partial charge in [-0.05, 0) is 36.8 Å². The smallest absolute Gasteiger partial charge is 0.160 e. The Kier molecular flexibility index (Phi) is 3.76. The Morgan fingerprint density at radius 2 is 2.15 bits per heavy atom. The highest BCUT2D eigenvalue weighted by Crippen LogP contribution is 2.24. The zero-order valence-electron chi connectivity index (χ0n) is 10.9. The van der Waals surface area contributed by atoms with Crippen LogP contribution in [-0.2, 0) is 6.54 Å². The highest BCUT2D eigenvalue weighted by molar-refractivity contribution is 9.10. The highest BCUT2D eigenvalue weighted by Gasteiger charge is 2.15. The predicted octanol–water partition coefficient (Wildman–Crippen LogP) is 4.54. The predicted molar refractivity (Wildman–Crippen MR) is 85.0 cm³/mol. The van der Waals surface area contributed by atoms with Crippen molar-refractivity contribution in [3.63, 3.8) is 0 Å². The van der Waals surface area contributed by atoms with Crippen LogP contribution in [0.2, 0.25) is 0 Å². The first-order valence-corrected chi connectivity index (χ1v) is 7.58. The molecule has 0 radical (unpaired) electrons. The van der Waals surface area contributed by atoms with E-state index in [0.29, 0.717) is 6.54 Å². The van der Waals surface area contributed by atoms with Crippen LogP contribution < -0.4 is 0 Å². The quantitative estimate of drug-likeness (QED) is 0.649. The van der Waals surface area contributed by atoms with Gasteiger partial charge < -0.3 is 4.57 Å². The van der Waals surface area contributed by atoms with Gasteiger partial charge in [0.05, 0.1) is 11.9 Å². The molecule has 0 spiro atoms. The monoisotopic (exact) mass is 349 g/mol. The molecule has 3 nitrogen and oxygen atoms in total. The molecule has 2 aromatic heterocycles. The molecule has 3 aromatic rings. The number of halogens is 2. The maximum absolute atomic E-state index is 6.26. The molecule has 0 bridgehead atoms. The molecule has 20 heavy (non-hydrogen) atoms. The van der Waals surface area contributed by atoms with E-state index in [1.165, 1.54) is 5.56 Å². The van der Waals surface area contributed by atoms with Gasteiger partial charge in [-0.1, -0.05) is 28.1 Å². The lowest BCUT2D eigenvalue weighted by Crippen LogP contribution is -2.06. The van der Waals surface area contributed by atoms with Gasteiger partial charge in [-0.3, -0.25) is 0 Å². The molecule has 1 aromatic carbocycles. The van der Waals surface area contributed by atoms with E-state index in [9.17, 15) is 0 Å². The Labute approximate surface area is 130 Å². The lowest BCUT2D eigenvalue weighted by atomic mass is 10.2. The Morgan fingerprint density at radius 3 is 2.90 bits per heavy atom. The van der Waals surface area contributed by atoms with Crippen LogP contribution in [-0.4, -0.2) is 14.5 Å². The second kappa shape index (κ2) is 5.54. The van der Waals surface area contributed by atoms with Crippen LogP contribution in [0.4, 0.5) is 0 Å². The van der Waals surface area contributed by atoms with Gasteiger partial charge >= 0.3 is 0 Å². The molecular formula is C15H13BrClN3. The lowest BCUT2D eigenvalue weighted by molar-refractivity contribution is 0.736. The number of fused-ring (bicyclic) bond motifs is 1. The van der Waals surface area contributed by atoms with Gasteiger partial charge in [0, 0.05) is 10.7 Å². The minimum Gasteiger partial charge on any atom is -0.307 e. The minimum atomic E-state index is -0.156. The molecule has 5 heteroatoms. The fourth-order valence-electron chi connectivity index (χ4n) is 2.25. The fourth-order valence-corrected chi connectivity index (χ4v) is 2.87. The van der Waals surface area contributed by atoms with Gasteiger partial charge in [0.15, 0.2) is 5.65 Å². The van der Waals surface area contributed by atoms with E-state index in [4.69, 9.17) is 11.6 Å². The first-order valence-electron chi connectivity index (χ1n) is 6.35. The van der Waals surface area contributed by atoms with Crippen molar-refractivity contribution < 1.29 is 0 Å². The molecule has 0 aliphatic carbocycles. The van der Waals surface area contributed by atoms with Crippen molar-refractivity contribution >= 4 is 38.7 Å². The van der Waals surface area contributed by atoms with Gasteiger partial charge in [-0.15, -0.1) is 11.6 Å². The first kappa shape index (κ1) is 13.6. The van der Waals surface area contributed by atoms with Gasteiger partial charge in [-0.2, -0.15) is 0 Å². The van der Waals surface area contributed by atoms with Crippen molar-refractivity contribution in [1.82, 2.24) is 14.5 Å². The number of hydrogen-bond acceptors (Lipinski definition) is 2. The van der Waals surface area contributed by atoms with Gasteiger partial charge in [0.2, 0.25) is 0 Å². The van der Waals surface area contributed by atoms with Crippen LogP contribution in [0.1, 0.15) is 23.7 Å². The standard InChI is InChI=1S/C15H13BrClN3/c1-10(17)14-19-13-6-3-7-18-15(13)20(14)9-11-4-2-5-12(16)8-11/h2-8,10H,9H2,1H3. The number of rotatable bonds is 3. The molecular weight excluding hydrogens is 338 g/mol. The summed E-state index contributed by atoms with van der Waals surface area (Å²) in [5.41, 5.74) is 2.93. The van der Waals surface area contributed by atoms with Gasteiger partial charge in [0.1, 0.15) is 11.3 Å². The summed E-state index contributed by atoms with van der Waals surface area (Å²) in [5, 5.41) is -0.156. The molecule has 0 fully saturated rings. The van der Waals surface area contributed by atoms with E-state index in [1.807, 2.05) is 31.2 Å². The lowest BCUT2D eigenvalue weighted by Gasteiger charge is -2.10. The number of benzene rings is 1. The number of pyridine rings is 1. The first-order chi connectivity index (χ1) is 9.65. The SMILES string of the molecule is CC(Cl)c1nc2cccnc2n1Cc1cccc(Br)c1. The summed E-state index contributed by atoms with van der Waals surface area (Å²) in [6.45, 7) is 2.64. The van der Waals surface area contributed by atoms with Crippen molar-refractivity contribution in [2.75, 3.05) is 0 Å². The molecule has 3 rings (SSSR count). The van der Waals surface area contributed by atoms with Crippen LogP contribution in [0.5, 0.6) is 0 Å². The van der Waals surface area contributed by atoms with Crippen molar-refractivity contribution in [3.05, 3.63) is 58.5 Å². The average Bonchev–Trinajstić information content (AvgIpc) is 2.78. The molecule has 0 amide bonds. The van der Waals surface area contributed by atoms with Gasteiger partial charge in [-0.25, -0.2) is 9.97 Å². The summed E-state index contributed by atoms with van der Waals surface area (Å²) in [7, 11) is 0. The van der Waals surface area contributed by atoms with Crippen molar-refractivity contribution in [3.8, 4) is 0 Å². The number of imidazole rings is 1. The van der Waals surface area contributed by atoms with Crippen LogP contribution in [0.3, 0.4) is 0 Å². The van der Waals surface area contributed by atoms with E-state index in [1.54, 1.807) is 6.20 Å². The molecule has 0 aliphatic heterocycles. The van der Waals surface area contributed by atoms with E-state index in [2.05, 4.69) is 42.6 Å². The normalized spacial score (nSPS) is 12.8. The van der Waals surface area contributed by atoms with Crippen LogP contribution in [0.15, 0.2) is 47.1 Å². The topological polar surface area (TPSA) is 30.7 Å². The van der Waals surface area contributed by atoms with Crippen molar-refractivity contribution in [1.29, 1.82) is 0 Å². The maximum atomic E-state index is 6.26. The molecule has 1 atom stereocenters. The van der Waals surface area contributed by atoms with Crippen LogP contribution in [0.25, 0.3) is 11.2 Å². The zero-order chi connectivity index (χ0) is 14.1. The maximum Gasteiger partial charge on any atom is 0.160 e. The van der Waals surface area contributed by atoms with E-state index >= 15 is 0 Å². The Balaban J connectivity index is 2.11. The third-order valence-electron chi connectivity index (χ3n) is 3.12. The fraction of sp³-hybridized carbons (Fsp3) is 0.200. The van der Waals surface area contributed by atoms with E-state index in [-0.39, 0.29) is 5.38 Å². The molecule has 102 valence electrons. The minimum absolute atomic E-state index is 0.156. The molecule has 2 heterocycles. The number of nitrogens with zero attached hydrogens (tertiary/aromatic N) is 3. The number of alkyl halides is 1. The third-order valence-corrected chi connectivity index (χ3v) is 3.81. The Hall–Kier alpha value is -1.39. The third kappa shape index (κ3) is 2.58. The Morgan fingerprint density at radius 1 is 1.30 bits per heavy atom. The number of aromatic nitrogens is 3. The summed E-state index contributed by atoms with van der Waals surface area (Å²) < 4.78 is 3.14. The van der Waals surface area contributed by atoms with Crippen LogP contribution in [0, 0.1) is 0 Å². The molecule has 0 aliphatic rings. The summed E-state index contributed by atoms with van der Waals surface area (Å²) in [6.07, 6.45) is 1.78. The highest BCUT2D eigenvalue weighted by atomic mass is 79.9. The summed E-state index contributed by atoms with van der Waals surface area (Å²) in [4.78, 5) is 9.02. The Bertz CT molecular complexity index is 752. The van der Waals surface area contributed by atoms with Crippen molar-refractivity contribution in [2.45, 2.75) is 18.8 Å². The summed E-state index contributed by atoms with van der Waals surface area (Å²) in [5.74, 6) is 0.848. The van der Waals surface area contributed by atoms with E-state index in [0.717, 1.165) is 21.5 Å². The zero-order valence-corrected chi connectivity index (χ0v) is 13.3. The second-order valence-corrected chi connectivity index (χ2v) is 6.22. The largest absolute Gasteiger partial charge is 0.307 e. The van der Waals surface area contributed by atoms with Crippen LogP contribution >= 0.6 is 27.5 Å². The second-order valence-electron chi connectivity index (χ2n) is 4.65. The van der Waals surface area contributed by atoms with Gasteiger partial charge in [0.25, 0.3) is 0 Å². The molecule has 1 unspecified atom stereocenters. The number of hydrogen-bond donors (Lipinski definition) is 0. The van der Waals surface area contributed by atoms with Crippen molar-refractivity contribution in [2.24, 2.45) is 0 Å². The summed E-state index contributed by atoms with van der Waals surface area (Å²) in [6, 6.07) is 12.1.